The Kier molecular flexibility index (Phi) is 6.30. The van der Waals surface area contributed by atoms with Crippen molar-refractivity contribution < 1.29 is 4.79 Å². The van der Waals surface area contributed by atoms with Gasteiger partial charge in [0.25, 0.3) is 0 Å². The van der Waals surface area contributed by atoms with Gasteiger partial charge in [-0.25, -0.2) is 0 Å². The summed E-state index contributed by atoms with van der Waals surface area (Å²) in [5.74, 6) is 1.18. The van der Waals surface area contributed by atoms with E-state index >= 15 is 0 Å². The van der Waals surface area contributed by atoms with Crippen molar-refractivity contribution in [2.75, 3.05) is 11.1 Å². The van der Waals surface area contributed by atoms with Crippen LogP contribution in [0.2, 0.25) is 0 Å². The maximum atomic E-state index is 12.1. The minimum Gasteiger partial charge on any atom is -0.300 e. The molecule has 0 fully saturated rings. The van der Waals surface area contributed by atoms with Crippen molar-refractivity contribution in [1.82, 2.24) is 10.2 Å². The fraction of sp³-hybridized carbons (Fsp3) is 0.188. The Morgan fingerprint density at radius 2 is 2.04 bits per heavy atom. The Hall–Kier alpha value is -1.35. The number of anilines is 1. The van der Waals surface area contributed by atoms with E-state index < -0.39 is 0 Å². The molecular weight excluding hydrogens is 378 g/mol. The standard InChI is InChI=1S/C16H15N3OS4/c1-11-5-2-3-7-13(11)22-10-14(20)17-15-18-19-16(24-15)23-9-12-6-4-8-21-12/h2-8H,9-10H2,1H3,(H,17,18,20). The number of aryl methyl sites for hydroxylation is 1. The topological polar surface area (TPSA) is 54.9 Å². The number of hydrogen-bond donors (Lipinski definition) is 1. The Balaban J connectivity index is 1.47. The summed E-state index contributed by atoms with van der Waals surface area (Å²) in [6, 6.07) is 12.2. The summed E-state index contributed by atoms with van der Waals surface area (Å²) in [7, 11) is 0. The van der Waals surface area contributed by atoms with E-state index in [0.717, 1.165) is 15.0 Å². The van der Waals surface area contributed by atoms with Crippen molar-refractivity contribution in [1.29, 1.82) is 0 Å². The highest BCUT2D eigenvalue weighted by atomic mass is 32.2. The van der Waals surface area contributed by atoms with Crippen LogP contribution >= 0.6 is 46.2 Å². The van der Waals surface area contributed by atoms with Crippen LogP contribution in [-0.2, 0) is 10.5 Å². The van der Waals surface area contributed by atoms with Crippen LogP contribution in [0.4, 0.5) is 5.13 Å². The quantitative estimate of drug-likeness (QED) is 0.455. The molecule has 3 aromatic rings. The van der Waals surface area contributed by atoms with Crippen molar-refractivity contribution >= 4 is 57.2 Å². The fourth-order valence-electron chi connectivity index (χ4n) is 1.86. The molecule has 0 aliphatic rings. The van der Waals surface area contributed by atoms with E-state index in [1.165, 1.54) is 33.5 Å². The Labute approximate surface area is 157 Å². The first kappa shape index (κ1) is 17.5. The molecule has 0 bridgehead atoms. The van der Waals surface area contributed by atoms with Crippen LogP contribution in [0.5, 0.6) is 0 Å². The monoisotopic (exact) mass is 393 g/mol. The minimum absolute atomic E-state index is 0.0609. The summed E-state index contributed by atoms with van der Waals surface area (Å²) in [6.45, 7) is 2.04. The number of hydrogen-bond acceptors (Lipinski definition) is 7. The number of rotatable bonds is 7. The smallest absolute Gasteiger partial charge is 0.236 e. The van der Waals surface area contributed by atoms with E-state index in [-0.39, 0.29) is 5.91 Å². The van der Waals surface area contributed by atoms with Crippen LogP contribution in [0.1, 0.15) is 10.4 Å². The fourth-order valence-corrected chi connectivity index (χ4v) is 5.23. The molecular formula is C16H15N3OS4. The van der Waals surface area contributed by atoms with E-state index in [2.05, 4.69) is 27.0 Å². The molecule has 0 radical (unpaired) electrons. The predicted molar refractivity (Wildman–Crippen MR) is 104 cm³/mol. The average Bonchev–Trinajstić information content (AvgIpc) is 3.24. The van der Waals surface area contributed by atoms with Crippen molar-refractivity contribution in [3.63, 3.8) is 0 Å². The number of benzene rings is 1. The Morgan fingerprint density at radius 3 is 2.83 bits per heavy atom. The number of thioether (sulfide) groups is 2. The largest absolute Gasteiger partial charge is 0.300 e. The summed E-state index contributed by atoms with van der Waals surface area (Å²) < 4.78 is 0.866. The molecule has 124 valence electrons. The highest BCUT2D eigenvalue weighted by Crippen LogP contribution is 2.29. The molecule has 0 saturated carbocycles. The molecule has 0 unspecified atom stereocenters. The highest BCUT2D eigenvalue weighted by molar-refractivity contribution is 8.00. The van der Waals surface area contributed by atoms with Crippen molar-refractivity contribution in [2.24, 2.45) is 0 Å². The second-order valence-corrected chi connectivity index (χ2v) is 9.09. The second-order valence-electron chi connectivity index (χ2n) is 4.84. The van der Waals surface area contributed by atoms with Gasteiger partial charge >= 0.3 is 0 Å². The van der Waals surface area contributed by atoms with Gasteiger partial charge in [0.1, 0.15) is 0 Å². The van der Waals surface area contributed by atoms with Crippen molar-refractivity contribution in [3.8, 4) is 0 Å². The van der Waals surface area contributed by atoms with Crippen LogP contribution in [0.15, 0.2) is 51.0 Å². The van der Waals surface area contributed by atoms with Gasteiger partial charge in [-0.2, -0.15) is 0 Å². The molecule has 1 aromatic carbocycles. The third-order valence-electron chi connectivity index (χ3n) is 3.02. The molecule has 4 nitrogen and oxygen atoms in total. The Morgan fingerprint density at radius 1 is 1.17 bits per heavy atom. The number of nitrogens with one attached hydrogen (secondary N) is 1. The number of thiophene rings is 1. The number of amides is 1. The van der Waals surface area contributed by atoms with Gasteiger partial charge in [-0.3, -0.25) is 10.1 Å². The SMILES string of the molecule is Cc1ccccc1SCC(=O)Nc1nnc(SCc2cccs2)s1. The Bertz CT molecular complexity index is 801. The first-order chi connectivity index (χ1) is 11.7. The normalized spacial score (nSPS) is 10.7. The molecule has 0 atom stereocenters. The first-order valence-corrected chi connectivity index (χ1v) is 10.8. The predicted octanol–water partition coefficient (Wildman–Crippen LogP) is 4.93. The van der Waals surface area contributed by atoms with Gasteiger partial charge in [-0.15, -0.1) is 33.3 Å². The van der Waals surface area contributed by atoms with Crippen molar-refractivity contribution in [3.05, 3.63) is 52.2 Å². The molecule has 8 heteroatoms. The van der Waals surface area contributed by atoms with E-state index in [1.807, 2.05) is 37.3 Å². The summed E-state index contributed by atoms with van der Waals surface area (Å²) >= 11 is 6.31. The zero-order valence-corrected chi connectivity index (χ0v) is 16.2. The summed E-state index contributed by atoms with van der Waals surface area (Å²) in [5, 5.41) is 13.6. The first-order valence-electron chi connectivity index (χ1n) is 7.17. The van der Waals surface area contributed by atoms with E-state index in [9.17, 15) is 4.79 Å². The van der Waals surface area contributed by atoms with Crippen molar-refractivity contribution in [2.45, 2.75) is 21.9 Å². The zero-order valence-electron chi connectivity index (χ0n) is 12.9. The van der Waals surface area contributed by atoms with Crippen LogP contribution in [0.3, 0.4) is 0 Å². The van der Waals surface area contributed by atoms with Gasteiger partial charge in [-0.05, 0) is 30.0 Å². The molecule has 24 heavy (non-hydrogen) atoms. The molecule has 2 aromatic heterocycles. The van der Waals surface area contributed by atoms with Gasteiger partial charge in [-0.1, -0.05) is 47.4 Å². The van der Waals surface area contributed by atoms with E-state index in [0.29, 0.717) is 10.9 Å². The van der Waals surface area contributed by atoms with Gasteiger partial charge < -0.3 is 0 Å². The lowest BCUT2D eigenvalue weighted by Crippen LogP contribution is -2.13. The van der Waals surface area contributed by atoms with Gasteiger partial charge in [0.2, 0.25) is 11.0 Å². The van der Waals surface area contributed by atoms with Gasteiger partial charge in [0.05, 0.1) is 5.75 Å². The lowest BCUT2D eigenvalue weighted by Gasteiger charge is -2.04. The average molecular weight is 394 g/mol. The molecule has 0 aliphatic carbocycles. The molecule has 3 rings (SSSR count). The highest BCUT2D eigenvalue weighted by Gasteiger charge is 2.10. The van der Waals surface area contributed by atoms with Crippen LogP contribution < -0.4 is 5.32 Å². The molecule has 2 heterocycles. The molecule has 1 amide bonds. The minimum atomic E-state index is -0.0609. The van der Waals surface area contributed by atoms with Gasteiger partial charge in [0, 0.05) is 15.5 Å². The maximum Gasteiger partial charge on any atom is 0.236 e. The summed E-state index contributed by atoms with van der Waals surface area (Å²) in [4.78, 5) is 14.5. The number of carbonyl (C=O) groups excluding carboxylic acids is 1. The number of aromatic nitrogens is 2. The number of carbonyl (C=O) groups is 1. The zero-order chi connectivity index (χ0) is 16.8. The molecule has 0 saturated heterocycles. The summed E-state index contributed by atoms with van der Waals surface area (Å²) in [5.41, 5.74) is 1.18. The molecule has 0 aliphatic heterocycles. The van der Waals surface area contributed by atoms with Crippen LogP contribution in [0.25, 0.3) is 0 Å². The lowest BCUT2D eigenvalue weighted by molar-refractivity contribution is -0.113. The van der Waals surface area contributed by atoms with E-state index in [4.69, 9.17) is 0 Å². The third kappa shape index (κ3) is 5.07. The number of nitrogens with zero attached hydrogens (tertiary/aromatic N) is 2. The van der Waals surface area contributed by atoms with Gasteiger partial charge in [0.15, 0.2) is 4.34 Å². The molecule has 0 spiro atoms. The second kappa shape index (κ2) is 8.66. The van der Waals surface area contributed by atoms with E-state index in [1.54, 1.807) is 23.1 Å². The third-order valence-corrected chi connectivity index (χ3v) is 7.28. The maximum absolute atomic E-state index is 12.1. The van der Waals surface area contributed by atoms with Crippen LogP contribution in [-0.4, -0.2) is 21.9 Å². The molecule has 1 N–H and O–H groups in total. The lowest BCUT2D eigenvalue weighted by atomic mass is 10.2. The summed E-state index contributed by atoms with van der Waals surface area (Å²) in [6.07, 6.45) is 0. The van der Waals surface area contributed by atoms with Crippen LogP contribution in [0, 0.1) is 6.92 Å².